The molecule has 0 spiro atoms. The number of amides is 1. The Labute approximate surface area is 108 Å². The summed E-state index contributed by atoms with van der Waals surface area (Å²) in [5.74, 6) is 0.540. The summed E-state index contributed by atoms with van der Waals surface area (Å²) in [5.41, 5.74) is 7.82. The van der Waals surface area contributed by atoms with Gasteiger partial charge in [0.25, 0.3) is 5.91 Å². The van der Waals surface area contributed by atoms with Crippen LogP contribution in [0.2, 0.25) is 0 Å². The summed E-state index contributed by atoms with van der Waals surface area (Å²) in [6, 6.07) is 5.72. The van der Waals surface area contributed by atoms with Crippen LogP contribution >= 0.6 is 0 Å². The van der Waals surface area contributed by atoms with E-state index in [2.05, 4.69) is 11.9 Å². The number of ether oxygens (including phenoxy) is 1. The Balaban J connectivity index is 2.57. The van der Waals surface area contributed by atoms with E-state index in [0.29, 0.717) is 12.3 Å². The second-order valence-corrected chi connectivity index (χ2v) is 4.20. The first-order valence-electron chi connectivity index (χ1n) is 5.91. The Hall–Kier alpha value is -1.81. The van der Waals surface area contributed by atoms with Crippen LogP contribution in [0.15, 0.2) is 30.9 Å². The number of carbonyl (C=O) groups is 1. The highest BCUT2D eigenvalue weighted by Crippen LogP contribution is 2.21. The number of aryl methyl sites for hydroxylation is 1. The van der Waals surface area contributed by atoms with E-state index in [-0.39, 0.29) is 18.6 Å². The third-order valence-corrected chi connectivity index (χ3v) is 2.53. The van der Waals surface area contributed by atoms with Crippen LogP contribution in [0.5, 0.6) is 5.75 Å². The molecule has 0 fully saturated rings. The molecule has 3 N–H and O–H groups in total. The van der Waals surface area contributed by atoms with Crippen molar-refractivity contribution in [3.05, 3.63) is 42.0 Å². The minimum Gasteiger partial charge on any atom is -0.484 e. The summed E-state index contributed by atoms with van der Waals surface area (Å²) in [4.78, 5) is 11.4. The summed E-state index contributed by atoms with van der Waals surface area (Å²) < 4.78 is 5.44. The third-order valence-electron chi connectivity index (χ3n) is 2.53. The average molecular weight is 248 g/mol. The van der Waals surface area contributed by atoms with Gasteiger partial charge in [-0.15, -0.1) is 6.58 Å². The van der Waals surface area contributed by atoms with Gasteiger partial charge in [0.15, 0.2) is 6.61 Å². The molecular weight excluding hydrogens is 228 g/mol. The van der Waals surface area contributed by atoms with Crippen LogP contribution in [0.1, 0.15) is 24.1 Å². The Bertz CT molecular complexity index is 428. The molecule has 4 nitrogen and oxygen atoms in total. The van der Waals surface area contributed by atoms with Gasteiger partial charge in [-0.3, -0.25) is 4.79 Å². The smallest absolute Gasteiger partial charge is 0.258 e. The van der Waals surface area contributed by atoms with E-state index in [1.165, 1.54) is 0 Å². The Morgan fingerprint density at radius 1 is 1.61 bits per heavy atom. The molecule has 0 saturated heterocycles. The highest BCUT2D eigenvalue weighted by Gasteiger charge is 2.06. The van der Waals surface area contributed by atoms with E-state index < -0.39 is 0 Å². The van der Waals surface area contributed by atoms with Gasteiger partial charge in [0, 0.05) is 12.6 Å². The molecule has 0 bridgehead atoms. The average Bonchev–Trinajstić information content (AvgIpc) is 2.34. The number of hydrogen-bond donors (Lipinski definition) is 2. The molecule has 0 radical (unpaired) electrons. The minimum atomic E-state index is -0.162. The molecule has 18 heavy (non-hydrogen) atoms. The van der Waals surface area contributed by atoms with Crippen molar-refractivity contribution < 1.29 is 9.53 Å². The number of rotatable bonds is 6. The van der Waals surface area contributed by atoms with Crippen molar-refractivity contribution >= 4 is 5.91 Å². The topological polar surface area (TPSA) is 64.3 Å². The van der Waals surface area contributed by atoms with Gasteiger partial charge in [-0.05, 0) is 31.0 Å². The number of benzene rings is 1. The molecule has 1 rings (SSSR count). The van der Waals surface area contributed by atoms with E-state index in [4.69, 9.17) is 10.5 Å². The molecule has 0 aromatic heterocycles. The van der Waals surface area contributed by atoms with Gasteiger partial charge < -0.3 is 15.8 Å². The van der Waals surface area contributed by atoms with E-state index in [1.54, 1.807) is 6.08 Å². The van der Waals surface area contributed by atoms with Crippen LogP contribution < -0.4 is 15.8 Å². The van der Waals surface area contributed by atoms with Gasteiger partial charge in [-0.1, -0.05) is 18.2 Å². The van der Waals surface area contributed by atoms with Gasteiger partial charge in [-0.2, -0.15) is 0 Å². The molecular formula is C14H20N2O2. The number of nitrogens with two attached hydrogens (primary N) is 1. The van der Waals surface area contributed by atoms with E-state index in [0.717, 1.165) is 11.1 Å². The Morgan fingerprint density at radius 3 is 2.89 bits per heavy atom. The van der Waals surface area contributed by atoms with E-state index >= 15 is 0 Å². The molecule has 0 unspecified atom stereocenters. The summed E-state index contributed by atoms with van der Waals surface area (Å²) in [6.07, 6.45) is 1.63. The van der Waals surface area contributed by atoms with Crippen LogP contribution in [-0.4, -0.2) is 19.1 Å². The molecule has 1 amide bonds. The number of carbonyl (C=O) groups excluding carboxylic acids is 1. The Kier molecular flexibility index (Phi) is 5.39. The van der Waals surface area contributed by atoms with Crippen LogP contribution in [-0.2, 0) is 4.79 Å². The lowest BCUT2D eigenvalue weighted by atomic mass is 10.1. The zero-order valence-corrected chi connectivity index (χ0v) is 10.9. The largest absolute Gasteiger partial charge is 0.484 e. The molecule has 1 atom stereocenters. The van der Waals surface area contributed by atoms with Crippen molar-refractivity contribution in [2.75, 3.05) is 13.2 Å². The standard InChI is InChI=1S/C14H20N2O2/c1-4-7-16-14(17)9-18-13-6-5-12(11(3)15)8-10(13)2/h4-6,8,11H,1,7,9,15H2,2-3H3,(H,16,17)/t11-/m1/s1. The predicted octanol–water partition coefficient (Wildman–Crippen LogP) is 1.70. The molecule has 0 aliphatic carbocycles. The fourth-order valence-electron chi connectivity index (χ4n) is 1.50. The minimum absolute atomic E-state index is 0.00589. The second kappa shape index (κ2) is 6.81. The molecule has 4 heteroatoms. The highest BCUT2D eigenvalue weighted by atomic mass is 16.5. The van der Waals surface area contributed by atoms with Crippen molar-refractivity contribution in [3.8, 4) is 5.75 Å². The molecule has 98 valence electrons. The van der Waals surface area contributed by atoms with Crippen LogP contribution in [0.25, 0.3) is 0 Å². The maximum atomic E-state index is 11.4. The monoisotopic (exact) mass is 248 g/mol. The summed E-state index contributed by atoms with van der Waals surface area (Å²) in [5, 5.41) is 2.65. The molecule has 0 aliphatic rings. The fourth-order valence-corrected chi connectivity index (χ4v) is 1.50. The highest BCUT2D eigenvalue weighted by molar-refractivity contribution is 5.77. The van der Waals surface area contributed by atoms with Gasteiger partial charge in [-0.25, -0.2) is 0 Å². The van der Waals surface area contributed by atoms with Crippen molar-refractivity contribution in [2.45, 2.75) is 19.9 Å². The SMILES string of the molecule is C=CCNC(=O)COc1ccc([C@@H](C)N)cc1C. The first kappa shape index (κ1) is 14.3. The van der Waals surface area contributed by atoms with Gasteiger partial charge >= 0.3 is 0 Å². The lowest BCUT2D eigenvalue weighted by molar-refractivity contribution is -0.122. The van der Waals surface area contributed by atoms with Crippen molar-refractivity contribution in [2.24, 2.45) is 5.73 Å². The van der Waals surface area contributed by atoms with E-state index in [1.807, 2.05) is 32.0 Å². The lowest BCUT2D eigenvalue weighted by Crippen LogP contribution is -2.28. The molecule has 0 heterocycles. The summed E-state index contributed by atoms with van der Waals surface area (Å²) in [6.45, 7) is 7.84. The fraction of sp³-hybridized carbons (Fsp3) is 0.357. The first-order chi connectivity index (χ1) is 8.54. The third kappa shape index (κ3) is 4.22. The molecule has 0 aliphatic heterocycles. The first-order valence-corrected chi connectivity index (χ1v) is 5.91. The molecule has 1 aromatic rings. The second-order valence-electron chi connectivity index (χ2n) is 4.20. The molecule has 0 saturated carbocycles. The Morgan fingerprint density at radius 2 is 2.33 bits per heavy atom. The quantitative estimate of drug-likeness (QED) is 0.753. The predicted molar refractivity (Wildman–Crippen MR) is 72.5 cm³/mol. The van der Waals surface area contributed by atoms with Crippen molar-refractivity contribution in [1.82, 2.24) is 5.32 Å². The number of nitrogens with one attached hydrogen (secondary N) is 1. The lowest BCUT2D eigenvalue weighted by Gasteiger charge is -2.12. The maximum absolute atomic E-state index is 11.4. The molecule has 1 aromatic carbocycles. The van der Waals surface area contributed by atoms with Crippen LogP contribution in [0, 0.1) is 6.92 Å². The van der Waals surface area contributed by atoms with Crippen molar-refractivity contribution in [1.29, 1.82) is 0 Å². The maximum Gasteiger partial charge on any atom is 0.258 e. The number of hydrogen-bond acceptors (Lipinski definition) is 3. The zero-order chi connectivity index (χ0) is 13.5. The van der Waals surface area contributed by atoms with Gasteiger partial charge in [0.05, 0.1) is 0 Å². The summed E-state index contributed by atoms with van der Waals surface area (Å²) >= 11 is 0. The zero-order valence-electron chi connectivity index (χ0n) is 10.9. The van der Waals surface area contributed by atoms with Crippen LogP contribution in [0.4, 0.5) is 0 Å². The van der Waals surface area contributed by atoms with Crippen molar-refractivity contribution in [3.63, 3.8) is 0 Å². The van der Waals surface area contributed by atoms with Crippen LogP contribution in [0.3, 0.4) is 0 Å². The van der Waals surface area contributed by atoms with Gasteiger partial charge in [0.1, 0.15) is 5.75 Å². The normalized spacial score (nSPS) is 11.7. The van der Waals surface area contributed by atoms with Gasteiger partial charge in [0.2, 0.25) is 0 Å². The summed E-state index contributed by atoms with van der Waals surface area (Å²) in [7, 11) is 0. The van der Waals surface area contributed by atoms with E-state index in [9.17, 15) is 4.79 Å².